The molecular weight excluding hydrogens is 366 g/mol. The third-order valence-corrected chi connectivity index (χ3v) is 7.46. The summed E-state index contributed by atoms with van der Waals surface area (Å²) in [5, 5.41) is 5.14. The number of aryl methyl sites for hydroxylation is 1. The lowest BCUT2D eigenvalue weighted by molar-refractivity contribution is 0.180. The second-order valence-electron chi connectivity index (χ2n) is 6.55. The number of rotatable bonds is 4. The van der Waals surface area contributed by atoms with E-state index in [9.17, 15) is 8.42 Å². The predicted molar refractivity (Wildman–Crippen MR) is 105 cm³/mol. The zero-order valence-electron chi connectivity index (χ0n) is 14.6. The lowest BCUT2D eigenvalue weighted by atomic mass is 10.1. The Hall–Kier alpha value is -1.80. The predicted octanol–water partition coefficient (Wildman–Crippen LogP) is 3.11. The van der Waals surface area contributed by atoms with Gasteiger partial charge in [0.1, 0.15) is 0 Å². The number of fused-ring (bicyclic) bond motifs is 1. The topological polar surface area (TPSA) is 53.5 Å². The smallest absolute Gasteiger partial charge is 0.243 e. The highest BCUT2D eigenvalue weighted by molar-refractivity contribution is 7.89. The fraction of sp³-hybridized carbons (Fsp3) is 0.316. The monoisotopic (exact) mass is 387 g/mol. The van der Waals surface area contributed by atoms with E-state index in [0.717, 1.165) is 41.1 Å². The quantitative estimate of drug-likeness (QED) is 0.690. The Morgan fingerprint density at radius 3 is 2.46 bits per heavy atom. The van der Waals surface area contributed by atoms with Crippen LogP contribution in [0.5, 0.6) is 0 Å². The molecule has 2 aromatic carbocycles. The molecule has 0 atom stereocenters. The van der Waals surface area contributed by atoms with E-state index in [2.05, 4.69) is 15.3 Å². The number of benzene rings is 2. The van der Waals surface area contributed by atoms with E-state index in [-0.39, 0.29) is 0 Å². The summed E-state index contributed by atoms with van der Waals surface area (Å²) in [6.45, 7) is 5.26. The van der Waals surface area contributed by atoms with Gasteiger partial charge in [-0.15, -0.1) is 11.3 Å². The molecule has 7 heteroatoms. The summed E-state index contributed by atoms with van der Waals surface area (Å²) in [5.74, 6) is 0. The SMILES string of the molecule is Cc1nc(CN2CCN(S(=O)(=O)c3ccc4ccccc4c3)CC2)cs1. The highest BCUT2D eigenvalue weighted by atomic mass is 32.2. The van der Waals surface area contributed by atoms with Gasteiger partial charge < -0.3 is 0 Å². The average molecular weight is 388 g/mol. The Kier molecular flexibility index (Phi) is 4.79. The fourth-order valence-electron chi connectivity index (χ4n) is 3.31. The van der Waals surface area contributed by atoms with E-state index in [1.54, 1.807) is 27.8 Å². The van der Waals surface area contributed by atoms with E-state index in [0.29, 0.717) is 18.0 Å². The normalized spacial score (nSPS) is 17.0. The molecule has 1 fully saturated rings. The Labute approximate surface area is 157 Å². The van der Waals surface area contributed by atoms with Gasteiger partial charge in [-0.05, 0) is 29.8 Å². The van der Waals surface area contributed by atoms with Crippen molar-refractivity contribution in [1.29, 1.82) is 0 Å². The molecular formula is C19H21N3O2S2. The number of aromatic nitrogens is 1. The number of nitrogens with zero attached hydrogens (tertiary/aromatic N) is 3. The van der Waals surface area contributed by atoms with Crippen LogP contribution in [0.25, 0.3) is 10.8 Å². The van der Waals surface area contributed by atoms with Crippen LogP contribution in [0.2, 0.25) is 0 Å². The van der Waals surface area contributed by atoms with Gasteiger partial charge in [0.15, 0.2) is 0 Å². The van der Waals surface area contributed by atoms with Crippen molar-refractivity contribution in [3.8, 4) is 0 Å². The van der Waals surface area contributed by atoms with Gasteiger partial charge in [-0.1, -0.05) is 30.3 Å². The molecule has 0 aliphatic carbocycles. The molecule has 1 aliphatic rings. The standard InChI is InChI=1S/C19H21N3O2S2/c1-15-20-18(14-25-15)13-21-8-10-22(11-9-21)26(23,24)19-7-6-16-4-2-3-5-17(16)12-19/h2-7,12,14H,8-11,13H2,1H3. The highest BCUT2D eigenvalue weighted by Gasteiger charge is 2.28. The van der Waals surface area contributed by atoms with Gasteiger partial charge in [-0.3, -0.25) is 4.90 Å². The third kappa shape index (κ3) is 3.53. The number of hydrogen-bond donors (Lipinski definition) is 0. The molecule has 1 aliphatic heterocycles. The Balaban J connectivity index is 1.46. The summed E-state index contributed by atoms with van der Waals surface area (Å²) in [5.41, 5.74) is 1.07. The second-order valence-corrected chi connectivity index (χ2v) is 9.55. The first-order valence-corrected chi connectivity index (χ1v) is 11.0. The van der Waals surface area contributed by atoms with Crippen molar-refractivity contribution in [3.05, 3.63) is 58.5 Å². The Bertz CT molecular complexity index is 1020. The van der Waals surface area contributed by atoms with Crippen LogP contribution in [-0.2, 0) is 16.6 Å². The first-order valence-electron chi connectivity index (χ1n) is 8.65. The van der Waals surface area contributed by atoms with Crippen LogP contribution in [0.1, 0.15) is 10.7 Å². The zero-order valence-corrected chi connectivity index (χ0v) is 16.3. The van der Waals surface area contributed by atoms with E-state index in [1.807, 2.05) is 37.3 Å². The van der Waals surface area contributed by atoms with Crippen molar-refractivity contribution < 1.29 is 8.42 Å². The first-order chi connectivity index (χ1) is 12.5. The van der Waals surface area contributed by atoms with Crippen molar-refractivity contribution >= 4 is 32.1 Å². The molecule has 0 N–H and O–H groups in total. The molecule has 0 amide bonds. The summed E-state index contributed by atoms with van der Waals surface area (Å²) < 4.78 is 27.6. The minimum absolute atomic E-state index is 0.375. The van der Waals surface area contributed by atoms with Gasteiger partial charge in [-0.25, -0.2) is 13.4 Å². The zero-order chi connectivity index (χ0) is 18.1. The third-order valence-electron chi connectivity index (χ3n) is 4.74. The average Bonchev–Trinajstić information content (AvgIpc) is 3.06. The lowest BCUT2D eigenvalue weighted by Gasteiger charge is -2.33. The van der Waals surface area contributed by atoms with Crippen LogP contribution in [0.15, 0.2) is 52.7 Å². The molecule has 0 spiro atoms. The Morgan fingerprint density at radius 1 is 1.04 bits per heavy atom. The molecule has 136 valence electrons. The van der Waals surface area contributed by atoms with Crippen molar-refractivity contribution in [2.75, 3.05) is 26.2 Å². The van der Waals surface area contributed by atoms with Gasteiger partial charge in [0, 0.05) is 38.1 Å². The molecule has 26 heavy (non-hydrogen) atoms. The summed E-state index contributed by atoms with van der Waals surface area (Å²) in [4.78, 5) is 7.13. The van der Waals surface area contributed by atoms with E-state index < -0.39 is 10.0 Å². The first kappa shape index (κ1) is 17.6. The van der Waals surface area contributed by atoms with E-state index in [1.165, 1.54) is 0 Å². The van der Waals surface area contributed by atoms with Crippen LogP contribution in [0, 0.1) is 6.92 Å². The maximum Gasteiger partial charge on any atom is 0.243 e. The van der Waals surface area contributed by atoms with Gasteiger partial charge in [0.2, 0.25) is 10.0 Å². The van der Waals surface area contributed by atoms with E-state index >= 15 is 0 Å². The minimum Gasteiger partial charge on any atom is -0.295 e. The minimum atomic E-state index is -3.45. The maximum atomic E-state index is 13.0. The number of piperazine rings is 1. The summed E-state index contributed by atoms with van der Waals surface area (Å²) >= 11 is 1.65. The van der Waals surface area contributed by atoms with Crippen molar-refractivity contribution in [1.82, 2.24) is 14.2 Å². The number of hydrogen-bond acceptors (Lipinski definition) is 5. The Morgan fingerprint density at radius 2 is 1.77 bits per heavy atom. The molecule has 1 saturated heterocycles. The lowest BCUT2D eigenvalue weighted by Crippen LogP contribution is -2.48. The van der Waals surface area contributed by atoms with Crippen LogP contribution >= 0.6 is 11.3 Å². The maximum absolute atomic E-state index is 13.0. The van der Waals surface area contributed by atoms with Crippen LogP contribution in [0.3, 0.4) is 0 Å². The largest absolute Gasteiger partial charge is 0.295 e. The molecule has 0 radical (unpaired) electrons. The van der Waals surface area contributed by atoms with Crippen molar-refractivity contribution in [3.63, 3.8) is 0 Å². The molecule has 4 rings (SSSR count). The molecule has 0 unspecified atom stereocenters. The summed E-state index contributed by atoms with van der Waals surface area (Å²) in [6, 6.07) is 13.2. The van der Waals surface area contributed by atoms with Crippen LogP contribution in [-0.4, -0.2) is 48.8 Å². The van der Waals surface area contributed by atoms with Crippen molar-refractivity contribution in [2.24, 2.45) is 0 Å². The molecule has 2 heterocycles. The number of sulfonamides is 1. The van der Waals surface area contributed by atoms with Crippen LogP contribution in [0.4, 0.5) is 0 Å². The van der Waals surface area contributed by atoms with Crippen molar-refractivity contribution in [2.45, 2.75) is 18.4 Å². The number of thiazole rings is 1. The van der Waals surface area contributed by atoms with Gasteiger partial charge in [0.25, 0.3) is 0 Å². The van der Waals surface area contributed by atoms with Gasteiger partial charge >= 0.3 is 0 Å². The molecule has 1 aromatic heterocycles. The molecule has 5 nitrogen and oxygen atoms in total. The summed E-state index contributed by atoms with van der Waals surface area (Å²) in [6.07, 6.45) is 0. The summed E-state index contributed by atoms with van der Waals surface area (Å²) in [7, 11) is -3.45. The van der Waals surface area contributed by atoms with E-state index in [4.69, 9.17) is 0 Å². The van der Waals surface area contributed by atoms with Gasteiger partial charge in [0.05, 0.1) is 15.6 Å². The van der Waals surface area contributed by atoms with Crippen LogP contribution < -0.4 is 0 Å². The highest BCUT2D eigenvalue weighted by Crippen LogP contribution is 2.23. The molecule has 3 aromatic rings. The second kappa shape index (κ2) is 7.08. The molecule has 0 bridgehead atoms. The van der Waals surface area contributed by atoms with Gasteiger partial charge in [-0.2, -0.15) is 4.31 Å². The fourth-order valence-corrected chi connectivity index (χ4v) is 5.38. The molecule has 0 saturated carbocycles.